The van der Waals surface area contributed by atoms with Gasteiger partial charge in [-0.2, -0.15) is 9.49 Å². The van der Waals surface area contributed by atoms with Gasteiger partial charge >= 0.3 is 0 Å². The third-order valence-corrected chi connectivity index (χ3v) is 4.61. The Morgan fingerprint density at radius 3 is 2.83 bits per heavy atom. The molecule has 23 heavy (non-hydrogen) atoms. The first-order chi connectivity index (χ1) is 11.2. The van der Waals surface area contributed by atoms with Crippen LogP contribution in [0.5, 0.6) is 5.88 Å². The number of aromatic nitrogens is 2. The molecule has 0 aromatic carbocycles. The van der Waals surface area contributed by atoms with E-state index in [0.717, 1.165) is 32.2 Å². The van der Waals surface area contributed by atoms with Crippen LogP contribution < -0.4 is 10.1 Å². The smallest absolute Gasteiger partial charge is 0.284 e. The van der Waals surface area contributed by atoms with Crippen LogP contribution in [0.3, 0.4) is 0 Å². The van der Waals surface area contributed by atoms with Gasteiger partial charge in [-0.15, -0.1) is 0 Å². The molecule has 2 amide bonds. The van der Waals surface area contributed by atoms with Gasteiger partial charge in [0.2, 0.25) is 17.6 Å². The van der Waals surface area contributed by atoms with E-state index in [1.165, 1.54) is 9.58 Å². The minimum atomic E-state index is -0.757. The molecule has 3 heterocycles. The van der Waals surface area contributed by atoms with Crippen molar-refractivity contribution in [3.05, 3.63) is 11.5 Å². The normalized spacial score (nSPS) is 23.3. The van der Waals surface area contributed by atoms with Gasteiger partial charge in [-0.05, 0) is 32.2 Å². The Labute approximate surface area is 132 Å². The average Bonchev–Trinajstić information content (AvgIpc) is 3.19. The molecule has 1 saturated carbocycles. The summed E-state index contributed by atoms with van der Waals surface area (Å²) < 4.78 is 20.9. The number of halogens is 1. The van der Waals surface area contributed by atoms with Crippen LogP contribution in [0.1, 0.15) is 36.2 Å². The highest BCUT2D eigenvalue weighted by molar-refractivity contribution is 6.05. The van der Waals surface area contributed by atoms with Gasteiger partial charge < -0.3 is 10.1 Å². The predicted molar refractivity (Wildman–Crippen MR) is 77.5 cm³/mol. The molecule has 1 aromatic rings. The Morgan fingerprint density at radius 1 is 1.35 bits per heavy atom. The standard InChI is InChI=1S/C15H19FN4O3/c16-11-12(18-19-6-7-23-15(11)19)14(22)20(10-3-4-10)13(21)9-2-1-5-17-8-9/h9-10,17H,1-8H2. The molecule has 1 N–H and O–H groups in total. The topological polar surface area (TPSA) is 76.5 Å². The number of nitrogens with zero attached hydrogens (tertiary/aromatic N) is 3. The molecule has 1 atom stereocenters. The van der Waals surface area contributed by atoms with Crippen molar-refractivity contribution in [3.8, 4) is 5.88 Å². The second-order valence-electron chi connectivity index (χ2n) is 6.33. The first-order valence-corrected chi connectivity index (χ1v) is 8.14. The number of imide groups is 1. The number of fused-ring (bicyclic) bond motifs is 1. The minimum Gasteiger partial charge on any atom is -0.474 e. The van der Waals surface area contributed by atoms with Crippen molar-refractivity contribution in [1.29, 1.82) is 0 Å². The highest BCUT2D eigenvalue weighted by atomic mass is 19.1. The summed E-state index contributed by atoms with van der Waals surface area (Å²) in [4.78, 5) is 26.7. The molecule has 8 heteroatoms. The third kappa shape index (κ3) is 2.50. The number of rotatable bonds is 3. The van der Waals surface area contributed by atoms with E-state index >= 15 is 0 Å². The fourth-order valence-electron chi connectivity index (χ4n) is 3.23. The van der Waals surface area contributed by atoms with Crippen molar-refractivity contribution in [2.75, 3.05) is 19.7 Å². The second kappa shape index (κ2) is 5.59. The summed E-state index contributed by atoms with van der Waals surface area (Å²) >= 11 is 0. The highest BCUT2D eigenvalue weighted by Gasteiger charge is 2.43. The van der Waals surface area contributed by atoms with Crippen molar-refractivity contribution < 1.29 is 18.7 Å². The average molecular weight is 322 g/mol. The zero-order chi connectivity index (χ0) is 16.0. The molecule has 1 saturated heterocycles. The summed E-state index contributed by atoms with van der Waals surface area (Å²) in [6, 6.07) is -0.117. The van der Waals surface area contributed by atoms with Crippen LogP contribution in [0.25, 0.3) is 0 Å². The van der Waals surface area contributed by atoms with E-state index in [4.69, 9.17) is 4.74 Å². The van der Waals surface area contributed by atoms with Gasteiger partial charge in [0.1, 0.15) is 6.61 Å². The molecule has 4 rings (SSSR count). The first-order valence-electron chi connectivity index (χ1n) is 8.14. The fourth-order valence-corrected chi connectivity index (χ4v) is 3.23. The lowest BCUT2D eigenvalue weighted by Crippen LogP contribution is -2.47. The Hall–Kier alpha value is -1.96. The molecule has 3 aliphatic rings. The first kappa shape index (κ1) is 14.6. The predicted octanol–water partition coefficient (Wildman–Crippen LogP) is 0.545. The monoisotopic (exact) mass is 322 g/mol. The summed E-state index contributed by atoms with van der Waals surface area (Å²) in [6.45, 7) is 2.23. The molecule has 0 radical (unpaired) electrons. The zero-order valence-electron chi connectivity index (χ0n) is 12.8. The van der Waals surface area contributed by atoms with Gasteiger partial charge in [-0.25, -0.2) is 4.68 Å². The molecule has 0 bridgehead atoms. The fraction of sp³-hybridized carbons (Fsp3) is 0.667. The van der Waals surface area contributed by atoms with Gasteiger partial charge in [-0.3, -0.25) is 14.5 Å². The van der Waals surface area contributed by atoms with Gasteiger partial charge in [0.15, 0.2) is 5.69 Å². The van der Waals surface area contributed by atoms with Crippen molar-refractivity contribution in [2.24, 2.45) is 5.92 Å². The summed E-state index contributed by atoms with van der Waals surface area (Å²) in [5.41, 5.74) is -0.302. The number of carbonyl (C=O) groups is 2. The van der Waals surface area contributed by atoms with E-state index in [1.807, 2.05) is 0 Å². The number of hydrogen-bond acceptors (Lipinski definition) is 5. The quantitative estimate of drug-likeness (QED) is 0.822. The number of ether oxygens (including phenoxy) is 1. The molecule has 1 unspecified atom stereocenters. The maximum Gasteiger partial charge on any atom is 0.284 e. The molecule has 1 aromatic heterocycles. The van der Waals surface area contributed by atoms with Crippen LogP contribution in [0.2, 0.25) is 0 Å². The van der Waals surface area contributed by atoms with Crippen molar-refractivity contribution in [2.45, 2.75) is 38.3 Å². The van der Waals surface area contributed by atoms with E-state index in [-0.39, 0.29) is 29.4 Å². The second-order valence-corrected chi connectivity index (χ2v) is 6.33. The number of piperidine rings is 1. The van der Waals surface area contributed by atoms with E-state index in [0.29, 0.717) is 19.7 Å². The summed E-state index contributed by atoms with van der Waals surface area (Å²) in [5.74, 6) is -1.82. The number of nitrogens with one attached hydrogen (secondary N) is 1. The van der Waals surface area contributed by atoms with E-state index in [2.05, 4.69) is 10.4 Å². The summed E-state index contributed by atoms with van der Waals surface area (Å²) in [5, 5.41) is 7.19. The maximum atomic E-state index is 14.4. The molecule has 0 spiro atoms. The van der Waals surface area contributed by atoms with Gasteiger partial charge in [0.05, 0.1) is 12.5 Å². The van der Waals surface area contributed by atoms with Crippen LogP contribution in [-0.4, -0.2) is 52.2 Å². The van der Waals surface area contributed by atoms with Crippen LogP contribution in [0.4, 0.5) is 4.39 Å². The zero-order valence-corrected chi connectivity index (χ0v) is 12.8. The number of amides is 2. The Bertz CT molecular complexity index is 649. The molecule has 7 nitrogen and oxygen atoms in total. The largest absolute Gasteiger partial charge is 0.474 e. The van der Waals surface area contributed by atoms with Crippen LogP contribution >= 0.6 is 0 Å². The lowest BCUT2D eigenvalue weighted by Gasteiger charge is -2.28. The van der Waals surface area contributed by atoms with Crippen molar-refractivity contribution in [1.82, 2.24) is 20.0 Å². The number of hydrogen-bond donors (Lipinski definition) is 1. The summed E-state index contributed by atoms with van der Waals surface area (Å²) in [7, 11) is 0. The van der Waals surface area contributed by atoms with Gasteiger partial charge in [0, 0.05) is 12.6 Å². The Kier molecular flexibility index (Phi) is 3.56. The lowest BCUT2D eigenvalue weighted by molar-refractivity contribution is -0.133. The van der Waals surface area contributed by atoms with E-state index in [9.17, 15) is 14.0 Å². The lowest BCUT2D eigenvalue weighted by atomic mass is 9.98. The summed E-state index contributed by atoms with van der Waals surface area (Å²) in [6.07, 6.45) is 3.23. The maximum absolute atomic E-state index is 14.4. The Morgan fingerprint density at radius 2 is 2.17 bits per heavy atom. The molecule has 2 aliphatic heterocycles. The molecular formula is C15H19FN4O3. The van der Waals surface area contributed by atoms with Gasteiger partial charge in [-0.1, -0.05) is 0 Å². The third-order valence-electron chi connectivity index (χ3n) is 4.61. The van der Waals surface area contributed by atoms with E-state index < -0.39 is 11.7 Å². The van der Waals surface area contributed by atoms with Crippen molar-refractivity contribution in [3.63, 3.8) is 0 Å². The molecular weight excluding hydrogens is 303 g/mol. The SMILES string of the molecule is O=C(c1nn2c(c1F)OCC2)N(C(=O)C1CCCNC1)C1CC1. The number of carbonyl (C=O) groups excluding carboxylic acids is 2. The van der Waals surface area contributed by atoms with Gasteiger partial charge in [0.25, 0.3) is 5.91 Å². The molecule has 1 aliphatic carbocycles. The molecule has 124 valence electrons. The van der Waals surface area contributed by atoms with E-state index in [1.54, 1.807) is 0 Å². The van der Waals surface area contributed by atoms with Crippen LogP contribution in [0.15, 0.2) is 0 Å². The highest BCUT2D eigenvalue weighted by Crippen LogP contribution is 2.32. The van der Waals surface area contributed by atoms with Crippen LogP contribution in [-0.2, 0) is 11.3 Å². The Balaban J connectivity index is 1.60. The molecule has 2 fully saturated rings. The minimum absolute atomic E-state index is 0.00382. The van der Waals surface area contributed by atoms with Crippen molar-refractivity contribution >= 4 is 11.8 Å². The van der Waals surface area contributed by atoms with Crippen LogP contribution in [0, 0.1) is 11.7 Å².